The molecule has 0 aromatic carbocycles. The number of alkyl halides is 6. The average Bonchev–Trinajstić information content (AvgIpc) is 2.52. The maximum Gasteiger partial charge on any atom is 0.0757 e. The molecule has 1 aliphatic rings. The molecule has 21 heavy (non-hydrogen) atoms. The molecule has 0 amide bonds. The van der Waals surface area contributed by atoms with Gasteiger partial charge in [0, 0.05) is 0 Å². The molecule has 0 bridgehead atoms. The Balaban J connectivity index is 0.000000400. The molecule has 0 unspecified atom stereocenters. The monoisotopic (exact) mass is 418 g/mol. The first-order valence-electron chi connectivity index (χ1n) is 7.40. The molecule has 128 valence electrons. The first-order valence-corrected chi connectivity index (χ1v) is 10.0. The summed E-state index contributed by atoms with van der Waals surface area (Å²) in [7, 11) is 0. The van der Waals surface area contributed by atoms with Crippen LogP contribution in [0, 0.1) is 0 Å². The van der Waals surface area contributed by atoms with Gasteiger partial charge in [-0.3, -0.25) is 0 Å². The van der Waals surface area contributed by atoms with Crippen LogP contribution in [0.2, 0.25) is 0 Å². The molecule has 0 aromatic heterocycles. The summed E-state index contributed by atoms with van der Waals surface area (Å²) < 4.78 is 1.28. The lowest BCUT2D eigenvalue weighted by molar-refractivity contribution is -0.921. The maximum absolute atomic E-state index is 5.88. The minimum atomic E-state index is -0.437. The van der Waals surface area contributed by atoms with Crippen molar-refractivity contribution in [3.63, 3.8) is 0 Å². The van der Waals surface area contributed by atoms with Crippen molar-refractivity contribution in [2.45, 2.75) is 60.0 Å². The Morgan fingerprint density at radius 1 is 0.476 bits per heavy atom. The Bertz CT molecular complexity index is 211. The van der Waals surface area contributed by atoms with E-state index >= 15 is 0 Å². The van der Waals surface area contributed by atoms with E-state index in [1.165, 1.54) is 30.7 Å². The zero-order valence-electron chi connectivity index (χ0n) is 13.0. The SMILES string of the molecule is CC[N+](CC)(CC)CC.ClC1C(Cl)C(Cl)C(Cl)C(Cl)C1Cl. The first-order chi connectivity index (χ1) is 9.71. The highest BCUT2D eigenvalue weighted by atomic mass is 35.5. The molecule has 1 aliphatic carbocycles. The van der Waals surface area contributed by atoms with Crippen LogP contribution in [0.4, 0.5) is 0 Å². The molecule has 1 saturated carbocycles. The van der Waals surface area contributed by atoms with Gasteiger partial charge in [0.25, 0.3) is 0 Å². The van der Waals surface area contributed by atoms with Gasteiger partial charge in [-0.1, -0.05) is 0 Å². The van der Waals surface area contributed by atoms with Crippen LogP contribution < -0.4 is 0 Å². The lowest BCUT2D eigenvalue weighted by atomic mass is 9.97. The molecule has 0 N–H and O–H groups in total. The molecular weight excluding hydrogens is 395 g/mol. The van der Waals surface area contributed by atoms with Crippen molar-refractivity contribution in [3.05, 3.63) is 0 Å². The quantitative estimate of drug-likeness (QED) is 0.414. The summed E-state index contributed by atoms with van der Waals surface area (Å²) in [6.07, 6.45) is 0. The fourth-order valence-electron chi connectivity index (χ4n) is 2.40. The van der Waals surface area contributed by atoms with Crippen molar-refractivity contribution in [2.75, 3.05) is 26.2 Å². The summed E-state index contributed by atoms with van der Waals surface area (Å²) in [4.78, 5) is 0. The zero-order valence-corrected chi connectivity index (χ0v) is 17.5. The van der Waals surface area contributed by atoms with Crippen molar-refractivity contribution >= 4 is 69.6 Å². The molecular formula is C14H26Cl6N+. The highest BCUT2D eigenvalue weighted by Gasteiger charge is 2.46. The summed E-state index contributed by atoms with van der Waals surface area (Å²) in [6, 6.07) is 0. The first kappa shape index (κ1) is 22.7. The third-order valence-electron chi connectivity index (χ3n) is 4.51. The predicted molar refractivity (Wildman–Crippen MR) is 100 cm³/mol. The highest BCUT2D eigenvalue weighted by Crippen LogP contribution is 2.39. The smallest absolute Gasteiger partial charge is 0.0757 e. The van der Waals surface area contributed by atoms with Crippen LogP contribution in [0.5, 0.6) is 0 Å². The average molecular weight is 421 g/mol. The van der Waals surface area contributed by atoms with Crippen LogP contribution in [-0.4, -0.2) is 62.9 Å². The summed E-state index contributed by atoms with van der Waals surface area (Å²) in [5.74, 6) is 0. The zero-order chi connectivity index (χ0) is 16.8. The van der Waals surface area contributed by atoms with Gasteiger partial charge in [-0.25, -0.2) is 0 Å². The van der Waals surface area contributed by atoms with Crippen molar-refractivity contribution < 1.29 is 4.48 Å². The van der Waals surface area contributed by atoms with Gasteiger partial charge < -0.3 is 4.48 Å². The summed E-state index contributed by atoms with van der Waals surface area (Å²) >= 11 is 35.3. The molecule has 0 aromatic rings. The van der Waals surface area contributed by atoms with Crippen LogP contribution in [0.1, 0.15) is 27.7 Å². The second-order valence-corrected chi connectivity index (χ2v) is 8.30. The molecule has 0 radical (unpaired) electrons. The molecule has 0 atom stereocenters. The number of halogens is 6. The molecule has 0 heterocycles. The third-order valence-corrected chi connectivity index (χ3v) is 8.54. The van der Waals surface area contributed by atoms with Gasteiger partial charge in [0.2, 0.25) is 0 Å². The van der Waals surface area contributed by atoms with E-state index in [0.29, 0.717) is 0 Å². The van der Waals surface area contributed by atoms with Gasteiger partial charge in [-0.05, 0) is 27.7 Å². The summed E-state index contributed by atoms with van der Waals surface area (Å²) in [5, 5.41) is -2.62. The second-order valence-electron chi connectivity index (χ2n) is 5.27. The lowest BCUT2D eigenvalue weighted by Crippen LogP contribution is -2.52. The summed E-state index contributed by atoms with van der Waals surface area (Å²) in [5.41, 5.74) is 0. The van der Waals surface area contributed by atoms with E-state index in [9.17, 15) is 0 Å². The van der Waals surface area contributed by atoms with E-state index in [0.717, 1.165) is 0 Å². The summed E-state index contributed by atoms with van der Waals surface area (Å²) in [6.45, 7) is 14.2. The topological polar surface area (TPSA) is 0 Å². The van der Waals surface area contributed by atoms with Gasteiger partial charge in [0.1, 0.15) is 0 Å². The number of hydrogen-bond donors (Lipinski definition) is 0. The van der Waals surface area contributed by atoms with Crippen molar-refractivity contribution in [2.24, 2.45) is 0 Å². The van der Waals surface area contributed by atoms with E-state index in [-0.39, 0.29) is 0 Å². The number of nitrogens with zero attached hydrogens (tertiary/aromatic N) is 1. The Morgan fingerprint density at radius 2 is 0.619 bits per heavy atom. The highest BCUT2D eigenvalue weighted by molar-refractivity contribution is 6.45. The minimum absolute atomic E-state index is 0.437. The third kappa shape index (κ3) is 5.93. The van der Waals surface area contributed by atoms with Crippen LogP contribution in [0.15, 0.2) is 0 Å². The largest absolute Gasteiger partial charge is 0.325 e. The molecule has 1 rings (SSSR count). The van der Waals surface area contributed by atoms with Crippen molar-refractivity contribution in [3.8, 4) is 0 Å². The van der Waals surface area contributed by atoms with Gasteiger partial charge in [-0.15, -0.1) is 69.6 Å². The van der Waals surface area contributed by atoms with Gasteiger partial charge >= 0.3 is 0 Å². The van der Waals surface area contributed by atoms with Crippen LogP contribution in [-0.2, 0) is 0 Å². The molecule has 1 nitrogen and oxygen atoms in total. The maximum atomic E-state index is 5.88. The van der Waals surface area contributed by atoms with E-state index in [1.54, 1.807) is 0 Å². The number of hydrogen-bond acceptors (Lipinski definition) is 0. The standard InChI is InChI=1S/C8H20N.C6H6Cl6/c1-5-9(6-2,7-3)8-4;7-1-2(8)4(10)6(12)5(11)3(1)9/h5-8H2,1-4H3;1-6H/q+1;. The van der Waals surface area contributed by atoms with E-state index in [1.807, 2.05) is 0 Å². The number of quaternary nitrogens is 1. The van der Waals surface area contributed by atoms with Crippen LogP contribution in [0.3, 0.4) is 0 Å². The second kappa shape index (κ2) is 10.5. The van der Waals surface area contributed by atoms with E-state index in [2.05, 4.69) is 27.7 Å². The fraction of sp³-hybridized carbons (Fsp3) is 1.00. The number of rotatable bonds is 4. The molecule has 1 fully saturated rings. The van der Waals surface area contributed by atoms with Gasteiger partial charge in [0.05, 0.1) is 58.4 Å². The Morgan fingerprint density at radius 3 is 0.667 bits per heavy atom. The minimum Gasteiger partial charge on any atom is -0.325 e. The molecule has 0 aliphatic heterocycles. The molecule has 0 spiro atoms. The van der Waals surface area contributed by atoms with Crippen LogP contribution in [0.25, 0.3) is 0 Å². The molecule has 0 saturated heterocycles. The normalized spacial score (nSPS) is 36.9. The Hall–Kier alpha value is 1.70. The predicted octanol–water partition coefficient (Wildman–Crippen LogP) is 5.53. The van der Waals surface area contributed by atoms with Gasteiger partial charge in [-0.2, -0.15) is 0 Å². The van der Waals surface area contributed by atoms with Crippen molar-refractivity contribution in [1.29, 1.82) is 0 Å². The lowest BCUT2D eigenvalue weighted by Gasteiger charge is -2.37. The fourth-order valence-corrected chi connectivity index (χ4v) is 4.72. The van der Waals surface area contributed by atoms with Gasteiger partial charge in [0.15, 0.2) is 0 Å². The van der Waals surface area contributed by atoms with Crippen molar-refractivity contribution in [1.82, 2.24) is 0 Å². The molecule has 7 heteroatoms. The Kier molecular flexibility index (Phi) is 11.4. The van der Waals surface area contributed by atoms with Crippen LogP contribution >= 0.6 is 69.6 Å². The van der Waals surface area contributed by atoms with E-state index in [4.69, 9.17) is 69.6 Å². The van der Waals surface area contributed by atoms with E-state index < -0.39 is 32.3 Å². The Labute approximate surface area is 159 Å².